The third kappa shape index (κ3) is 3.20. The maximum atomic E-state index is 12.1. The van der Waals surface area contributed by atoms with Crippen LogP contribution < -0.4 is 4.57 Å². The molecule has 1 aromatic carbocycles. The number of aromatic nitrogens is 1. The van der Waals surface area contributed by atoms with Gasteiger partial charge in [-0.25, -0.2) is 0 Å². The van der Waals surface area contributed by atoms with Crippen LogP contribution in [0.3, 0.4) is 0 Å². The van der Waals surface area contributed by atoms with Crippen LogP contribution in [0.4, 0.5) is 0 Å². The van der Waals surface area contributed by atoms with Crippen molar-refractivity contribution in [3.05, 3.63) is 59.9 Å². The van der Waals surface area contributed by atoms with Gasteiger partial charge in [-0.3, -0.25) is 4.79 Å². The molecule has 0 aliphatic carbocycles. The molecule has 2 rings (SSSR count). The van der Waals surface area contributed by atoms with Gasteiger partial charge in [0, 0.05) is 22.1 Å². The molecule has 0 fully saturated rings. The van der Waals surface area contributed by atoms with Crippen molar-refractivity contribution in [2.45, 2.75) is 18.4 Å². The number of benzene rings is 1. The largest absolute Gasteiger partial charge is 0.287 e. The smallest absolute Gasteiger partial charge is 0.227 e. The van der Waals surface area contributed by atoms with Crippen LogP contribution >= 0.6 is 11.8 Å². The van der Waals surface area contributed by atoms with E-state index in [-0.39, 0.29) is 5.78 Å². The number of Topliss-reactive ketones (excluding diaryl/α,β-unsaturated/α-hetero) is 1. The molecule has 0 saturated carbocycles. The molecule has 0 atom stereocenters. The van der Waals surface area contributed by atoms with Crippen LogP contribution in [-0.2, 0) is 6.54 Å². The Kier molecular flexibility index (Phi) is 4.15. The van der Waals surface area contributed by atoms with Crippen molar-refractivity contribution in [2.75, 3.05) is 6.26 Å². The van der Waals surface area contributed by atoms with E-state index in [0.29, 0.717) is 6.54 Å². The lowest BCUT2D eigenvalue weighted by Gasteiger charge is -2.00. The number of aryl methyl sites for hydroxylation is 1. The molecule has 0 unspecified atom stereocenters. The van der Waals surface area contributed by atoms with Gasteiger partial charge < -0.3 is 0 Å². The van der Waals surface area contributed by atoms with Gasteiger partial charge in [0.15, 0.2) is 12.4 Å². The Morgan fingerprint density at radius 1 is 1.22 bits per heavy atom. The second kappa shape index (κ2) is 5.83. The zero-order valence-corrected chi connectivity index (χ0v) is 11.4. The quantitative estimate of drug-likeness (QED) is 0.477. The lowest BCUT2D eigenvalue weighted by molar-refractivity contribution is -0.683. The molecule has 18 heavy (non-hydrogen) atoms. The molecule has 0 aliphatic heterocycles. The van der Waals surface area contributed by atoms with Crippen LogP contribution in [0.2, 0.25) is 0 Å². The number of rotatable bonds is 4. The minimum absolute atomic E-state index is 0.137. The highest BCUT2D eigenvalue weighted by Gasteiger charge is 2.11. The zero-order chi connectivity index (χ0) is 13.0. The van der Waals surface area contributed by atoms with E-state index < -0.39 is 0 Å². The van der Waals surface area contributed by atoms with Gasteiger partial charge in [-0.1, -0.05) is 12.1 Å². The second-order valence-corrected chi connectivity index (χ2v) is 5.08. The fraction of sp³-hybridized carbons (Fsp3) is 0.200. The lowest BCUT2D eigenvalue weighted by atomic mass is 10.1. The third-order valence-electron chi connectivity index (χ3n) is 2.74. The molecule has 2 aromatic rings. The van der Waals surface area contributed by atoms with E-state index >= 15 is 0 Å². The molecule has 1 aromatic heterocycles. The molecule has 0 amide bonds. The molecule has 0 saturated heterocycles. The lowest BCUT2D eigenvalue weighted by Crippen LogP contribution is -2.37. The van der Waals surface area contributed by atoms with Crippen molar-refractivity contribution in [3.8, 4) is 0 Å². The van der Waals surface area contributed by atoms with Crippen molar-refractivity contribution in [1.29, 1.82) is 0 Å². The molecule has 0 aliphatic rings. The minimum atomic E-state index is 0.137. The SMILES string of the molecule is CSc1ccc(C(=O)C[n+]2cccc(C)c2)cc1. The topological polar surface area (TPSA) is 20.9 Å². The van der Waals surface area contributed by atoms with Crippen LogP contribution in [0.25, 0.3) is 0 Å². The number of thioether (sulfide) groups is 1. The normalized spacial score (nSPS) is 10.3. The number of carbonyl (C=O) groups excluding carboxylic acids is 1. The van der Waals surface area contributed by atoms with Crippen molar-refractivity contribution in [2.24, 2.45) is 0 Å². The summed E-state index contributed by atoms with van der Waals surface area (Å²) in [4.78, 5) is 13.3. The summed E-state index contributed by atoms with van der Waals surface area (Å²) >= 11 is 1.68. The van der Waals surface area contributed by atoms with Crippen LogP contribution in [0.1, 0.15) is 15.9 Å². The van der Waals surface area contributed by atoms with E-state index in [4.69, 9.17) is 0 Å². The Morgan fingerprint density at radius 3 is 2.56 bits per heavy atom. The van der Waals surface area contributed by atoms with Crippen LogP contribution in [0.15, 0.2) is 53.7 Å². The highest BCUT2D eigenvalue weighted by atomic mass is 32.2. The van der Waals surface area contributed by atoms with Gasteiger partial charge in [-0.05, 0) is 31.4 Å². The number of ketones is 1. The van der Waals surface area contributed by atoms with Crippen LogP contribution in [0, 0.1) is 6.92 Å². The van der Waals surface area contributed by atoms with Crippen LogP contribution in [0.5, 0.6) is 0 Å². The fourth-order valence-corrected chi connectivity index (χ4v) is 2.19. The van der Waals surface area contributed by atoms with Crippen molar-refractivity contribution >= 4 is 17.5 Å². The van der Waals surface area contributed by atoms with E-state index in [2.05, 4.69) is 0 Å². The molecule has 1 heterocycles. The number of pyridine rings is 1. The van der Waals surface area contributed by atoms with E-state index in [1.165, 1.54) is 4.90 Å². The molecule has 0 bridgehead atoms. The molecule has 92 valence electrons. The first-order valence-corrected chi connectivity index (χ1v) is 7.04. The molecule has 2 nitrogen and oxygen atoms in total. The molecule has 0 radical (unpaired) electrons. The standard InChI is InChI=1S/C15H16NOS/c1-12-4-3-9-16(10-12)11-15(17)13-5-7-14(18-2)8-6-13/h3-10H,11H2,1-2H3/q+1. The minimum Gasteiger partial charge on any atom is -0.287 e. The highest BCUT2D eigenvalue weighted by Crippen LogP contribution is 2.15. The average molecular weight is 258 g/mol. The van der Waals surface area contributed by atoms with Gasteiger partial charge in [-0.2, -0.15) is 4.57 Å². The summed E-state index contributed by atoms with van der Waals surface area (Å²) in [7, 11) is 0. The summed E-state index contributed by atoms with van der Waals surface area (Å²) in [6.45, 7) is 2.41. The third-order valence-corrected chi connectivity index (χ3v) is 3.49. The summed E-state index contributed by atoms with van der Waals surface area (Å²) in [5.74, 6) is 0.137. The van der Waals surface area contributed by atoms with Gasteiger partial charge in [0.1, 0.15) is 0 Å². The van der Waals surface area contributed by atoms with Gasteiger partial charge in [0.25, 0.3) is 0 Å². The molecule has 0 N–H and O–H groups in total. The first-order chi connectivity index (χ1) is 8.69. The van der Waals surface area contributed by atoms with Crippen molar-refractivity contribution < 1.29 is 9.36 Å². The summed E-state index contributed by atoms with van der Waals surface area (Å²) in [6, 6.07) is 11.7. The Morgan fingerprint density at radius 2 is 1.94 bits per heavy atom. The Bertz CT molecular complexity index is 549. The Balaban J connectivity index is 2.11. The van der Waals surface area contributed by atoms with E-state index in [9.17, 15) is 4.79 Å². The van der Waals surface area contributed by atoms with Crippen molar-refractivity contribution in [3.63, 3.8) is 0 Å². The number of carbonyl (C=O) groups is 1. The molecule has 3 heteroatoms. The Labute approximate surface area is 112 Å². The summed E-state index contributed by atoms with van der Waals surface area (Å²) < 4.78 is 1.92. The fourth-order valence-electron chi connectivity index (χ4n) is 1.79. The maximum Gasteiger partial charge on any atom is 0.227 e. The van der Waals surface area contributed by atoms with Gasteiger partial charge in [0.2, 0.25) is 12.3 Å². The summed E-state index contributed by atoms with van der Waals surface area (Å²) in [5, 5.41) is 0. The maximum absolute atomic E-state index is 12.1. The average Bonchev–Trinajstić information content (AvgIpc) is 2.39. The molecule has 0 spiro atoms. The van der Waals surface area contributed by atoms with E-state index in [1.54, 1.807) is 11.8 Å². The van der Waals surface area contributed by atoms with Crippen molar-refractivity contribution in [1.82, 2.24) is 0 Å². The van der Waals surface area contributed by atoms with Gasteiger partial charge >= 0.3 is 0 Å². The van der Waals surface area contributed by atoms with Gasteiger partial charge in [0.05, 0.1) is 0 Å². The predicted molar refractivity (Wildman–Crippen MR) is 73.9 cm³/mol. The highest BCUT2D eigenvalue weighted by molar-refractivity contribution is 7.98. The summed E-state index contributed by atoms with van der Waals surface area (Å²) in [5.41, 5.74) is 1.92. The van der Waals surface area contributed by atoms with E-state index in [0.717, 1.165) is 11.1 Å². The summed E-state index contributed by atoms with van der Waals surface area (Å²) in [6.07, 6.45) is 5.93. The monoisotopic (exact) mass is 258 g/mol. The zero-order valence-electron chi connectivity index (χ0n) is 10.6. The first-order valence-electron chi connectivity index (χ1n) is 5.82. The van der Waals surface area contributed by atoms with E-state index in [1.807, 2.05) is 66.5 Å². The molecular weight excluding hydrogens is 242 g/mol. The van der Waals surface area contributed by atoms with Crippen LogP contribution in [-0.4, -0.2) is 12.0 Å². The Hall–Kier alpha value is -1.61. The molecular formula is C15H16NOS+. The van der Waals surface area contributed by atoms with Gasteiger partial charge in [-0.15, -0.1) is 11.8 Å². The predicted octanol–water partition coefficient (Wildman–Crippen LogP) is 2.89. The number of hydrogen-bond acceptors (Lipinski definition) is 2. The second-order valence-electron chi connectivity index (χ2n) is 4.21. The number of nitrogens with zero attached hydrogens (tertiary/aromatic N) is 1. The first kappa shape index (κ1) is 12.8. The number of hydrogen-bond donors (Lipinski definition) is 0.